The van der Waals surface area contributed by atoms with Crippen molar-refractivity contribution in [2.45, 2.75) is 25.2 Å². The molecule has 0 spiro atoms. The van der Waals surface area contributed by atoms with Crippen LogP contribution in [0.15, 0.2) is 23.1 Å². The first kappa shape index (κ1) is 14.2. The Hall–Kier alpha value is -0.910. The topological polar surface area (TPSA) is 63.4 Å². The summed E-state index contributed by atoms with van der Waals surface area (Å²) < 4.78 is 25.8. The molecule has 0 atom stereocenters. The van der Waals surface area contributed by atoms with Crippen LogP contribution < -0.4 is 5.73 Å². The molecule has 5 heteroatoms. The maximum Gasteiger partial charge on any atom is 0.242 e. The lowest BCUT2D eigenvalue weighted by Gasteiger charge is -2.17. The van der Waals surface area contributed by atoms with Crippen molar-refractivity contribution in [3.05, 3.63) is 29.3 Å². The van der Waals surface area contributed by atoms with Gasteiger partial charge in [0.15, 0.2) is 0 Å². The normalized spacial score (nSPS) is 12.1. The quantitative estimate of drug-likeness (QED) is 0.863. The molecule has 1 aromatic carbocycles. The molecule has 1 aromatic rings. The zero-order chi connectivity index (χ0) is 13.1. The van der Waals surface area contributed by atoms with Gasteiger partial charge in [-0.05, 0) is 50.1 Å². The molecule has 0 unspecified atom stereocenters. The molecule has 0 saturated carbocycles. The minimum Gasteiger partial charge on any atom is -0.330 e. The lowest BCUT2D eigenvalue weighted by atomic mass is 10.2. The van der Waals surface area contributed by atoms with Gasteiger partial charge in [0.2, 0.25) is 10.0 Å². The molecule has 0 aliphatic carbocycles. The molecule has 0 aliphatic heterocycles. The van der Waals surface area contributed by atoms with E-state index in [-0.39, 0.29) is 0 Å². The van der Waals surface area contributed by atoms with Crippen molar-refractivity contribution >= 4 is 10.0 Å². The number of sulfonamides is 1. The van der Waals surface area contributed by atoms with E-state index in [9.17, 15) is 8.42 Å². The molecular weight excluding hydrogens is 236 g/mol. The minimum absolute atomic E-state index is 0.356. The molecule has 0 saturated heterocycles. The Labute approximate surface area is 103 Å². The lowest BCUT2D eigenvalue weighted by Crippen LogP contribution is -2.29. The predicted molar refractivity (Wildman–Crippen MR) is 69.4 cm³/mol. The van der Waals surface area contributed by atoms with Crippen LogP contribution in [-0.2, 0) is 10.0 Å². The summed E-state index contributed by atoms with van der Waals surface area (Å²) >= 11 is 0. The van der Waals surface area contributed by atoms with E-state index in [1.807, 2.05) is 19.9 Å². The number of benzene rings is 1. The van der Waals surface area contributed by atoms with Gasteiger partial charge in [0.05, 0.1) is 4.90 Å². The highest BCUT2D eigenvalue weighted by Gasteiger charge is 2.20. The lowest BCUT2D eigenvalue weighted by molar-refractivity contribution is 0.463. The molecule has 0 heterocycles. The first-order chi connectivity index (χ1) is 7.87. The Morgan fingerprint density at radius 1 is 1.18 bits per heavy atom. The largest absolute Gasteiger partial charge is 0.330 e. The third-order valence-electron chi connectivity index (χ3n) is 2.58. The molecule has 2 N–H and O–H groups in total. The third-order valence-corrected chi connectivity index (χ3v) is 4.42. The smallest absolute Gasteiger partial charge is 0.242 e. The van der Waals surface area contributed by atoms with E-state index in [4.69, 9.17) is 5.73 Å². The summed E-state index contributed by atoms with van der Waals surface area (Å²) in [7, 11) is -1.79. The van der Waals surface area contributed by atoms with E-state index >= 15 is 0 Å². The first-order valence-corrected chi connectivity index (χ1v) is 7.06. The highest BCUT2D eigenvalue weighted by Crippen LogP contribution is 2.18. The van der Waals surface area contributed by atoms with Crippen LogP contribution in [0.3, 0.4) is 0 Å². The van der Waals surface area contributed by atoms with Crippen molar-refractivity contribution in [2.24, 2.45) is 5.73 Å². The van der Waals surface area contributed by atoms with Gasteiger partial charge in [-0.2, -0.15) is 0 Å². The summed E-state index contributed by atoms with van der Waals surface area (Å²) in [6.45, 7) is 4.73. The maximum absolute atomic E-state index is 12.2. The molecule has 17 heavy (non-hydrogen) atoms. The summed E-state index contributed by atoms with van der Waals surface area (Å²) in [4.78, 5) is 0.356. The van der Waals surface area contributed by atoms with Gasteiger partial charge in [0.25, 0.3) is 0 Å². The molecule has 0 aliphatic rings. The van der Waals surface area contributed by atoms with E-state index in [0.29, 0.717) is 24.4 Å². The van der Waals surface area contributed by atoms with Crippen LogP contribution >= 0.6 is 0 Å². The van der Waals surface area contributed by atoms with E-state index in [0.717, 1.165) is 11.1 Å². The van der Waals surface area contributed by atoms with Crippen molar-refractivity contribution in [3.8, 4) is 0 Å². The second-order valence-corrected chi connectivity index (χ2v) is 6.34. The van der Waals surface area contributed by atoms with Gasteiger partial charge in [-0.25, -0.2) is 12.7 Å². The number of hydrogen-bond donors (Lipinski definition) is 1. The molecule has 0 bridgehead atoms. The van der Waals surface area contributed by atoms with E-state index in [1.54, 1.807) is 19.2 Å². The van der Waals surface area contributed by atoms with Crippen LogP contribution in [0.1, 0.15) is 17.5 Å². The SMILES string of the molecule is Cc1cc(C)cc(S(=O)(=O)N(C)CCCN)c1. The van der Waals surface area contributed by atoms with Gasteiger partial charge in [-0.1, -0.05) is 6.07 Å². The second kappa shape index (κ2) is 5.62. The highest BCUT2D eigenvalue weighted by molar-refractivity contribution is 7.89. The maximum atomic E-state index is 12.2. The molecule has 0 radical (unpaired) electrons. The highest BCUT2D eigenvalue weighted by atomic mass is 32.2. The van der Waals surface area contributed by atoms with Crippen LogP contribution in [0, 0.1) is 13.8 Å². The van der Waals surface area contributed by atoms with Crippen molar-refractivity contribution < 1.29 is 8.42 Å². The standard InChI is InChI=1S/C12H20N2O2S/c1-10-7-11(2)9-12(8-10)17(15,16)14(3)6-4-5-13/h7-9H,4-6,13H2,1-3H3. The van der Waals surface area contributed by atoms with Gasteiger partial charge in [0.1, 0.15) is 0 Å². The Bertz CT molecular complexity index is 463. The molecule has 0 amide bonds. The average Bonchev–Trinajstić information content (AvgIpc) is 2.24. The molecule has 1 rings (SSSR count). The van der Waals surface area contributed by atoms with Crippen molar-refractivity contribution in [2.75, 3.05) is 20.1 Å². The number of nitrogens with zero attached hydrogens (tertiary/aromatic N) is 1. The fourth-order valence-corrected chi connectivity index (χ4v) is 3.09. The molecule has 4 nitrogen and oxygen atoms in total. The van der Waals surface area contributed by atoms with Crippen LogP contribution in [0.2, 0.25) is 0 Å². The van der Waals surface area contributed by atoms with Crippen molar-refractivity contribution in [1.29, 1.82) is 0 Å². The zero-order valence-corrected chi connectivity index (χ0v) is 11.4. The molecule has 96 valence electrons. The monoisotopic (exact) mass is 256 g/mol. The summed E-state index contributed by atoms with van der Waals surface area (Å²) in [5.41, 5.74) is 7.29. The summed E-state index contributed by atoms with van der Waals surface area (Å²) in [5, 5.41) is 0. The number of hydrogen-bond acceptors (Lipinski definition) is 3. The van der Waals surface area contributed by atoms with E-state index in [1.165, 1.54) is 4.31 Å². The van der Waals surface area contributed by atoms with Gasteiger partial charge in [0, 0.05) is 13.6 Å². The average molecular weight is 256 g/mol. The second-order valence-electron chi connectivity index (χ2n) is 4.29. The van der Waals surface area contributed by atoms with Gasteiger partial charge in [-0.3, -0.25) is 0 Å². The summed E-state index contributed by atoms with van der Waals surface area (Å²) in [6, 6.07) is 5.35. The predicted octanol–water partition coefficient (Wildman–Crippen LogP) is 1.27. The fraction of sp³-hybridized carbons (Fsp3) is 0.500. The Morgan fingerprint density at radius 2 is 1.71 bits per heavy atom. The van der Waals surface area contributed by atoms with Crippen molar-refractivity contribution in [1.82, 2.24) is 4.31 Å². The van der Waals surface area contributed by atoms with Gasteiger partial charge < -0.3 is 5.73 Å². The van der Waals surface area contributed by atoms with Crippen LogP contribution in [-0.4, -0.2) is 32.9 Å². The van der Waals surface area contributed by atoms with Gasteiger partial charge in [-0.15, -0.1) is 0 Å². The minimum atomic E-state index is -3.38. The molecule has 0 fully saturated rings. The van der Waals surface area contributed by atoms with Crippen LogP contribution in [0.25, 0.3) is 0 Å². The zero-order valence-electron chi connectivity index (χ0n) is 10.6. The Balaban J connectivity index is 3.04. The molecular formula is C12H20N2O2S. The Morgan fingerprint density at radius 3 is 2.18 bits per heavy atom. The van der Waals surface area contributed by atoms with Crippen LogP contribution in [0.5, 0.6) is 0 Å². The Kier molecular flexibility index (Phi) is 4.68. The van der Waals surface area contributed by atoms with Gasteiger partial charge >= 0.3 is 0 Å². The number of aryl methyl sites for hydroxylation is 2. The third kappa shape index (κ3) is 3.52. The fourth-order valence-electron chi connectivity index (χ4n) is 1.70. The summed E-state index contributed by atoms with van der Waals surface area (Å²) in [5.74, 6) is 0. The first-order valence-electron chi connectivity index (χ1n) is 5.62. The van der Waals surface area contributed by atoms with Crippen molar-refractivity contribution in [3.63, 3.8) is 0 Å². The summed E-state index contributed by atoms with van der Waals surface area (Å²) in [6.07, 6.45) is 0.667. The number of rotatable bonds is 5. The van der Waals surface area contributed by atoms with Crippen LogP contribution in [0.4, 0.5) is 0 Å². The number of nitrogens with two attached hydrogens (primary N) is 1. The molecule has 0 aromatic heterocycles. The van der Waals surface area contributed by atoms with E-state index in [2.05, 4.69) is 0 Å². The van der Waals surface area contributed by atoms with E-state index < -0.39 is 10.0 Å².